The zero-order valence-corrected chi connectivity index (χ0v) is 56.7. The number of hydrogen-bond acceptors (Lipinski definition) is 12. The van der Waals surface area contributed by atoms with Crippen molar-refractivity contribution in [3.8, 4) is 16.9 Å². The number of phenolic OH excluding ortho intramolecular Hbond substituents is 1. The predicted octanol–water partition coefficient (Wildman–Crippen LogP) is 7.59. The molecule has 20 nitrogen and oxygen atoms in total. The molecule has 0 spiro atoms. The second kappa shape index (κ2) is 36.2. The van der Waals surface area contributed by atoms with Crippen LogP contribution in [0, 0.1) is 0 Å². The molecule has 22 heteroatoms. The van der Waals surface area contributed by atoms with E-state index in [1.165, 1.54) is 67.3 Å². The molecule has 5 aromatic carbocycles. The lowest BCUT2D eigenvalue weighted by atomic mass is 9.96. The molecule has 0 fully saturated rings. The molecule has 6 rings (SSSR count). The van der Waals surface area contributed by atoms with Gasteiger partial charge in [-0.1, -0.05) is 165 Å². The summed E-state index contributed by atoms with van der Waals surface area (Å²) in [5, 5.41) is 28.8. The maximum atomic E-state index is 15.5. The summed E-state index contributed by atoms with van der Waals surface area (Å²) in [5.74, 6) is -5.64. The van der Waals surface area contributed by atoms with Crippen LogP contribution in [0.3, 0.4) is 0 Å². The number of carboxylic acids is 1. The molecule has 0 aliphatic rings. The Morgan fingerprint density at radius 2 is 1.21 bits per heavy atom. The molecule has 1 heterocycles. The molecule has 6 N–H and O–H groups in total. The number of aromatic nitrogens is 1. The van der Waals surface area contributed by atoms with Crippen LogP contribution in [-0.2, 0) is 80.0 Å². The van der Waals surface area contributed by atoms with Crippen molar-refractivity contribution in [2.75, 3.05) is 60.0 Å². The number of methoxy groups -OCH3 is 1. The minimum atomic E-state index is -1.76. The first kappa shape index (κ1) is 73.0. The third-order valence-corrected chi connectivity index (χ3v) is 18.4. The van der Waals surface area contributed by atoms with Crippen molar-refractivity contribution in [2.24, 2.45) is 0 Å². The highest BCUT2D eigenvalue weighted by atomic mass is 127. The lowest BCUT2D eigenvalue weighted by Crippen LogP contribution is -2.59. The first-order chi connectivity index (χ1) is 44.1. The van der Waals surface area contributed by atoms with Gasteiger partial charge in [-0.15, -0.1) is 0 Å². The number of hydrogen-bond donors (Lipinski definition) is 6. The number of carbonyl (C=O) groups excluding carboxylic acids is 8. The van der Waals surface area contributed by atoms with Crippen LogP contribution in [0.1, 0.15) is 80.7 Å². The van der Waals surface area contributed by atoms with Crippen molar-refractivity contribution in [2.45, 2.75) is 125 Å². The Kier molecular flexibility index (Phi) is 28.7. The number of fused-ring (bicyclic) bond motifs is 1. The van der Waals surface area contributed by atoms with Crippen LogP contribution in [0.2, 0.25) is 0 Å². The lowest BCUT2D eigenvalue weighted by molar-refractivity contribution is -0.151. The van der Waals surface area contributed by atoms with E-state index in [0.717, 1.165) is 50.0 Å². The van der Waals surface area contributed by atoms with Gasteiger partial charge < -0.3 is 55.5 Å². The summed E-state index contributed by atoms with van der Waals surface area (Å²) in [7, 11) is 7.07. The number of amides is 7. The number of carboxylic acid groups (broad SMARTS) is 1. The number of ether oxygens (including phenoxy) is 1. The summed E-state index contributed by atoms with van der Waals surface area (Å²) in [5.41, 5.74) is 7.11. The number of benzene rings is 5. The number of rotatable bonds is 36. The number of H-pyrrole nitrogens is 1. The number of likely N-dealkylation sites (N-methyl/N-ethyl adjacent to an activating group) is 4. The van der Waals surface area contributed by atoms with Gasteiger partial charge in [-0.25, -0.2) is 0 Å². The van der Waals surface area contributed by atoms with Gasteiger partial charge in [0.15, 0.2) is 5.78 Å². The Morgan fingerprint density at radius 1 is 0.609 bits per heavy atom. The zero-order chi connectivity index (χ0) is 67.0. The number of phenols is 1. The van der Waals surface area contributed by atoms with Crippen molar-refractivity contribution in [1.29, 1.82) is 0 Å². The molecule has 492 valence electrons. The Balaban J connectivity index is 1.23. The van der Waals surface area contributed by atoms with Crippen LogP contribution < -0.4 is 16.0 Å². The number of thioether (sulfide) groups is 1. The van der Waals surface area contributed by atoms with Crippen molar-refractivity contribution in [1.82, 2.24) is 40.5 Å². The van der Waals surface area contributed by atoms with Crippen molar-refractivity contribution in [3.63, 3.8) is 0 Å². The number of aromatic amines is 1. The minimum Gasteiger partial charge on any atom is -0.508 e. The number of nitrogens with one attached hydrogen (secondary N) is 4. The second-order valence-electron chi connectivity index (χ2n) is 23.0. The largest absolute Gasteiger partial charge is 0.508 e. The van der Waals surface area contributed by atoms with Crippen molar-refractivity contribution < 1.29 is 58.1 Å². The second-order valence-corrected chi connectivity index (χ2v) is 25.8. The van der Waals surface area contributed by atoms with E-state index in [1.54, 1.807) is 24.3 Å². The summed E-state index contributed by atoms with van der Waals surface area (Å²) < 4.78 is 4.81. The predicted molar refractivity (Wildman–Crippen MR) is 366 cm³/mol. The molecule has 92 heavy (non-hydrogen) atoms. The Morgan fingerprint density at radius 3 is 1.84 bits per heavy atom. The standard InChI is InChI=1S/C70H87IN8O12S/c1-9-12-26-59(77(5)70(90)61(79(7)67(87)57(74-63(82)44-92-11-3)36-46-20-15-13-16-21-46)38-48-24-19-25-50(35-48)51-30-33-53-49(10-2)41-72-55(53)39-51)69(89)76(4)42-62(81)73-56(40-64(83)84)66(86)75-58(43-91-8)68(88)78(6)60(37-47-22-17-14-18-23-47)65(85)54(71)34-29-45-27-31-52(80)32-28-45/h13-25,27-28,30-33,35,39,41,54,56-61,72,80H,9-12,26,29,34,36-38,40,42-44H2,1-8H3,(H,73,81)(H,74,82)(H,75,86)(H,83,84)/t54?,56-,57-,58-,59-,60-,61-/m0/s1. The first-order valence-electron chi connectivity index (χ1n) is 31.0. The Labute approximate surface area is 557 Å². The molecule has 0 bridgehead atoms. The van der Waals surface area contributed by atoms with Gasteiger partial charge in [0.1, 0.15) is 36.0 Å². The third kappa shape index (κ3) is 21.0. The minimum absolute atomic E-state index is 0.00305. The smallest absolute Gasteiger partial charge is 0.305 e. The number of aromatic hydroxyl groups is 1. The van der Waals surface area contributed by atoms with Gasteiger partial charge in [0.05, 0.1) is 35.3 Å². The maximum absolute atomic E-state index is 15.5. The van der Waals surface area contributed by atoms with E-state index in [1.807, 2.05) is 111 Å². The number of unbranched alkanes of at least 4 members (excludes halogenated alkanes) is 1. The molecule has 0 aliphatic heterocycles. The summed E-state index contributed by atoms with van der Waals surface area (Å²) in [4.78, 5) is 136. The van der Waals surface area contributed by atoms with Crippen LogP contribution in [-0.4, -0.2) is 188 Å². The average Bonchev–Trinajstić information content (AvgIpc) is 1.45. The topological polar surface area (TPSA) is 268 Å². The van der Waals surface area contributed by atoms with E-state index in [0.29, 0.717) is 37.0 Å². The number of carbonyl (C=O) groups is 9. The van der Waals surface area contributed by atoms with Gasteiger partial charge in [-0.2, -0.15) is 11.8 Å². The molecule has 6 aromatic rings. The number of aryl methyl sites for hydroxylation is 2. The van der Waals surface area contributed by atoms with Crippen LogP contribution in [0.5, 0.6) is 5.75 Å². The van der Waals surface area contributed by atoms with Crippen molar-refractivity contribution >= 4 is 98.4 Å². The molecule has 0 aliphatic carbocycles. The number of aliphatic carboxylic acids is 1. The zero-order valence-electron chi connectivity index (χ0n) is 53.7. The molecule has 1 aromatic heterocycles. The quantitative estimate of drug-likeness (QED) is 0.0164. The van der Waals surface area contributed by atoms with Gasteiger partial charge >= 0.3 is 5.97 Å². The van der Waals surface area contributed by atoms with E-state index in [4.69, 9.17) is 4.74 Å². The fourth-order valence-corrected chi connectivity index (χ4v) is 12.3. The third-order valence-electron chi connectivity index (χ3n) is 16.3. The molecule has 0 radical (unpaired) electrons. The monoisotopic (exact) mass is 1390 g/mol. The fraction of sp³-hybridized carbons (Fsp3) is 0.414. The normalized spacial score (nSPS) is 13.5. The molecule has 0 saturated carbocycles. The molecule has 1 unspecified atom stereocenters. The molecule has 0 saturated heterocycles. The van der Waals surface area contributed by atoms with Gasteiger partial charge in [0.25, 0.3) is 0 Å². The Hall–Kier alpha value is -8.09. The summed E-state index contributed by atoms with van der Waals surface area (Å²) in [6.45, 7) is 4.86. The molecule has 7 atom stereocenters. The van der Waals surface area contributed by atoms with E-state index < -0.39 is 101 Å². The molecule has 7 amide bonds. The summed E-state index contributed by atoms with van der Waals surface area (Å²) in [6.07, 6.45) is 4.38. The SMILES string of the molecule is CCCC[C@@H](C(=O)N(C)CC(=O)N[C@@H](CC(=O)O)C(=O)N[C@@H](COC)C(=O)N(C)[C@@H](Cc1ccccc1)C(=O)C(I)CCc1ccc(O)cc1)N(C)C(=O)[C@H](Cc1cccc(-c2ccc3c(CC)c[nH]c3c2)c1)N(C)C(=O)[C@H](Cc1ccccc1)NC(=O)CSCC. The van der Waals surface area contributed by atoms with Crippen molar-refractivity contribution in [3.05, 3.63) is 161 Å². The first-order valence-corrected chi connectivity index (χ1v) is 33.4. The molecular weight excluding hydrogens is 1300 g/mol. The maximum Gasteiger partial charge on any atom is 0.305 e. The van der Waals surface area contributed by atoms with E-state index in [9.17, 15) is 43.8 Å². The number of ketones is 1. The van der Waals surface area contributed by atoms with E-state index >= 15 is 9.59 Å². The number of alkyl halides is 1. The van der Waals surface area contributed by atoms with Crippen LogP contribution >= 0.6 is 34.4 Å². The van der Waals surface area contributed by atoms with Gasteiger partial charge in [0.2, 0.25) is 41.4 Å². The summed E-state index contributed by atoms with van der Waals surface area (Å²) in [6, 6.07) is 31.1. The highest BCUT2D eigenvalue weighted by molar-refractivity contribution is 14.1. The summed E-state index contributed by atoms with van der Waals surface area (Å²) >= 11 is 3.46. The van der Waals surface area contributed by atoms with Gasteiger partial charge in [-0.05, 0) is 95.0 Å². The number of Topliss-reactive ketones (excluding diaryl/α,β-unsaturated/α-hetero) is 1. The van der Waals surface area contributed by atoms with Crippen LogP contribution in [0.25, 0.3) is 22.0 Å². The van der Waals surface area contributed by atoms with E-state index in [2.05, 4.69) is 62.6 Å². The highest BCUT2D eigenvalue weighted by Crippen LogP contribution is 2.29. The average molecular weight is 1390 g/mol. The highest BCUT2D eigenvalue weighted by Gasteiger charge is 2.40. The van der Waals surface area contributed by atoms with Gasteiger partial charge in [0, 0.05) is 65.2 Å². The van der Waals surface area contributed by atoms with Crippen LogP contribution in [0.4, 0.5) is 0 Å². The van der Waals surface area contributed by atoms with Gasteiger partial charge in [-0.3, -0.25) is 43.2 Å². The number of nitrogens with zero attached hydrogens (tertiary/aromatic N) is 4. The lowest BCUT2D eigenvalue weighted by Gasteiger charge is -2.37. The van der Waals surface area contributed by atoms with Crippen LogP contribution in [0.15, 0.2) is 134 Å². The molecular formula is C70H87IN8O12S. The fourth-order valence-electron chi connectivity index (χ4n) is 11.1. The Bertz CT molecular complexity index is 3460. The van der Waals surface area contributed by atoms with E-state index in [-0.39, 0.29) is 48.9 Å². The number of halogens is 1.